The van der Waals surface area contributed by atoms with Gasteiger partial charge in [0.05, 0.1) is 5.69 Å². The molecular weight excluding hydrogens is 807 g/mol. The van der Waals surface area contributed by atoms with Crippen LogP contribution in [0.2, 0.25) is 0 Å². The first-order valence-corrected chi connectivity index (χ1v) is 22.9. The van der Waals surface area contributed by atoms with E-state index in [4.69, 9.17) is 13.9 Å². The summed E-state index contributed by atoms with van der Waals surface area (Å²) in [7, 11) is 0.669. The van der Waals surface area contributed by atoms with E-state index < -0.39 is 0 Å². The maximum absolute atomic E-state index is 6.64. The highest BCUT2D eigenvalue weighted by Crippen LogP contribution is 2.50. The van der Waals surface area contributed by atoms with Crippen molar-refractivity contribution in [2.24, 2.45) is 0 Å². The minimum absolute atomic E-state index is 0.00997. The zero-order chi connectivity index (χ0) is 45.0. The molecule has 10 aromatic rings. The number of nitrogens with one attached hydrogen (secondary N) is 1. The topological polar surface area (TPSA) is 46.9 Å². The number of furan rings is 1. The maximum Gasteiger partial charge on any atom is 0.198 e. The van der Waals surface area contributed by atoms with Crippen LogP contribution >= 0.6 is 0 Å². The van der Waals surface area contributed by atoms with E-state index in [1.165, 1.54) is 49.8 Å². The molecule has 0 unspecified atom stereocenters. The van der Waals surface area contributed by atoms with Gasteiger partial charge in [-0.3, -0.25) is 0 Å². The Morgan fingerprint density at radius 1 is 0.515 bits per heavy atom. The quantitative estimate of drug-likeness (QED) is 0.175. The molecule has 12 rings (SSSR count). The minimum atomic E-state index is -0.00997. The van der Waals surface area contributed by atoms with Crippen LogP contribution in [0.3, 0.4) is 0 Å². The summed E-state index contributed by atoms with van der Waals surface area (Å²) in [6.45, 7) is 15.8. The van der Waals surface area contributed by atoms with Gasteiger partial charge >= 0.3 is 0 Å². The fourth-order valence-corrected chi connectivity index (χ4v) is 10.6. The Morgan fingerprint density at radius 3 is 1.97 bits per heavy atom. The second kappa shape index (κ2) is 14.9. The SMILES string of the molecule is Cc1cc(C)c(-c2cc(-c3c(Nc4cccc5c4oc4ccccc45)ccc4ccccc34)c3c(c2)N(c2ccc(C(C)(C)C)cc2C)c2cc4c(cc2B3)Oc2ccccc2O4)c(C)c1. The van der Waals surface area contributed by atoms with Crippen molar-refractivity contribution >= 4 is 79.4 Å². The van der Waals surface area contributed by atoms with Crippen LogP contribution in [0.15, 0.2) is 162 Å². The largest absolute Gasteiger partial charge is 0.454 e. The average molecular weight is 857 g/mol. The van der Waals surface area contributed by atoms with Crippen molar-refractivity contribution in [1.82, 2.24) is 0 Å². The lowest BCUT2D eigenvalue weighted by atomic mass is 9.57. The molecule has 0 saturated heterocycles. The summed E-state index contributed by atoms with van der Waals surface area (Å²) < 4.78 is 19.9. The van der Waals surface area contributed by atoms with Crippen LogP contribution in [-0.4, -0.2) is 7.28 Å². The predicted octanol–water partition coefficient (Wildman–Crippen LogP) is 15.4. The van der Waals surface area contributed by atoms with Gasteiger partial charge in [0.2, 0.25) is 0 Å². The smallest absolute Gasteiger partial charge is 0.198 e. The van der Waals surface area contributed by atoms with Crippen LogP contribution in [0.4, 0.5) is 28.4 Å². The van der Waals surface area contributed by atoms with Crippen LogP contribution < -0.4 is 30.6 Å². The first-order chi connectivity index (χ1) is 32.0. The summed E-state index contributed by atoms with van der Waals surface area (Å²) >= 11 is 0. The van der Waals surface area contributed by atoms with Crippen LogP contribution in [0.1, 0.15) is 48.6 Å². The molecule has 2 aliphatic heterocycles. The highest BCUT2D eigenvalue weighted by molar-refractivity contribution is 6.73. The van der Waals surface area contributed by atoms with Crippen molar-refractivity contribution in [2.45, 2.75) is 53.9 Å². The fraction of sp³-hybridized carbons (Fsp3) is 0.133. The van der Waals surface area contributed by atoms with Crippen molar-refractivity contribution in [1.29, 1.82) is 0 Å². The summed E-state index contributed by atoms with van der Waals surface area (Å²) in [5, 5.41) is 8.48. The molecule has 3 heterocycles. The second-order valence-electron chi connectivity index (χ2n) is 19.3. The first-order valence-electron chi connectivity index (χ1n) is 22.9. The number of fused-ring (bicyclic) bond motifs is 8. The normalized spacial score (nSPS) is 12.8. The number of ether oxygens (including phenoxy) is 2. The summed E-state index contributed by atoms with van der Waals surface area (Å²) in [6.07, 6.45) is 0. The average Bonchev–Trinajstić information content (AvgIpc) is 3.69. The van der Waals surface area contributed by atoms with Crippen molar-refractivity contribution in [3.63, 3.8) is 0 Å². The molecule has 0 spiro atoms. The molecule has 1 N–H and O–H groups in total. The molecule has 1 aromatic heterocycles. The molecule has 0 amide bonds. The van der Waals surface area contributed by atoms with Gasteiger partial charge in [0.25, 0.3) is 0 Å². The molecular formula is C60H49BN2O3. The lowest BCUT2D eigenvalue weighted by molar-refractivity contribution is 0.360. The number of rotatable bonds is 5. The van der Waals surface area contributed by atoms with Gasteiger partial charge in [-0.15, -0.1) is 0 Å². The fourth-order valence-electron chi connectivity index (χ4n) is 10.6. The lowest BCUT2D eigenvalue weighted by Crippen LogP contribution is -2.41. The van der Waals surface area contributed by atoms with Gasteiger partial charge in [-0.25, -0.2) is 0 Å². The van der Waals surface area contributed by atoms with Gasteiger partial charge in [0.1, 0.15) is 5.58 Å². The molecule has 66 heavy (non-hydrogen) atoms. The van der Waals surface area contributed by atoms with E-state index in [9.17, 15) is 0 Å². The highest BCUT2D eigenvalue weighted by Gasteiger charge is 2.34. The lowest BCUT2D eigenvalue weighted by Gasteiger charge is -2.37. The number of hydrogen-bond donors (Lipinski definition) is 1. The van der Waals surface area contributed by atoms with E-state index >= 15 is 0 Å². The van der Waals surface area contributed by atoms with Crippen molar-refractivity contribution in [3.05, 3.63) is 186 Å². The van der Waals surface area contributed by atoms with Crippen molar-refractivity contribution in [2.75, 3.05) is 10.2 Å². The van der Waals surface area contributed by atoms with Gasteiger partial charge in [0.15, 0.2) is 35.9 Å². The Hall–Kier alpha value is -7.70. The van der Waals surface area contributed by atoms with Crippen molar-refractivity contribution < 1.29 is 13.9 Å². The molecule has 0 aliphatic carbocycles. The van der Waals surface area contributed by atoms with Crippen molar-refractivity contribution in [3.8, 4) is 45.3 Å². The maximum atomic E-state index is 6.64. The van der Waals surface area contributed by atoms with Crippen LogP contribution in [-0.2, 0) is 5.41 Å². The third kappa shape index (κ3) is 6.46. The monoisotopic (exact) mass is 856 g/mol. The van der Waals surface area contributed by atoms with Crippen LogP contribution in [0, 0.1) is 27.7 Å². The van der Waals surface area contributed by atoms with E-state index in [2.05, 4.69) is 180 Å². The van der Waals surface area contributed by atoms with E-state index in [0.717, 1.165) is 72.4 Å². The molecule has 5 nitrogen and oxygen atoms in total. The van der Waals surface area contributed by atoms with Crippen LogP contribution in [0.5, 0.6) is 23.0 Å². The molecule has 0 fully saturated rings. The molecule has 0 bridgehead atoms. The van der Waals surface area contributed by atoms with E-state index in [0.29, 0.717) is 30.3 Å². The number of aryl methyl sites for hydroxylation is 4. The predicted molar refractivity (Wildman–Crippen MR) is 277 cm³/mol. The molecule has 6 heteroatoms. The molecule has 2 aliphatic rings. The van der Waals surface area contributed by atoms with Gasteiger partial charge in [0, 0.05) is 45.2 Å². The molecule has 0 saturated carbocycles. The van der Waals surface area contributed by atoms with E-state index in [-0.39, 0.29) is 5.41 Å². The Balaban J connectivity index is 1.16. The second-order valence-corrected chi connectivity index (χ2v) is 19.3. The molecule has 9 aromatic carbocycles. The summed E-state index contributed by atoms with van der Waals surface area (Å²) in [6, 6.07) is 56.7. The van der Waals surface area contributed by atoms with E-state index in [1.807, 2.05) is 36.4 Å². The molecule has 0 atom stereocenters. The zero-order valence-electron chi connectivity index (χ0n) is 38.4. The highest BCUT2D eigenvalue weighted by atomic mass is 16.6. The Morgan fingerprint density at radius 2 is 1.21 bits per heavy atom. The summed E-state index contributed by atoms with van der Waals surface area (Å²) in [5.74, 6) is 2.84. The van der Waals surface area contributed by atoms with E-state index in [1.54, 1.807) is 0 Å². The van der Waals surface area contributed by atoms with Gasteiger partial charge in [-0.1, -0.05) is 129 Å². The zero-order valence-corrected chi connectivity index (χ0v) is 38.4. The summed E-state index contributed by atoms with van der Waals surface area (Å²) in [4.78, 5) is 2.49. The van der Waals surface area contributed by atoms with Gasteiger partial charge in [-0.2, -0.15) is 0 Å². The summed E-state index contributed by atoms with van der Waals surface area (Å²) in [5.41, 5.74) is 20.3. The third-order valence-electron chi connectivity index (χ3n) is 13.7. The third-order valence-corrected chi connectivity index (χ3v) is 13.7. The minimum Gasteiger partial charge on any atom is -0.454 e. The number of benzene rings is 9. The Bertz CT molecular complexity index is 3630. The Labute approximate surface area is 386 Å². The van der Waals surface area contributed by atoms with Gasteiger partial charge in [-0.05, 0) is 143 Å². The standard InChI is InChI=1S/C60H49BN2O3/c1-34-27-36(3)56(37(4)28-34)39-30-44(57-41-16-9-8-15-38(41)23-25-46(57)62-47-19-14-18-43-42-17-10-11-20-51(42)66-59(43)47)58-50(31-39)63(48-26-24-40(29-35(48)2)60(5,6)7)49-33-55-54(32-45(49)61-58)64-52-21-12-13-22-53(52)65-55/h8-33,61-62H,1-7H3. The first kappa shape index (κ1) is 39.9. The number of nitrogens with zero attached hydrogens (tertiary/aromatic N) is 1. The Kier molecular flexibility index (Phi) is 9.02. The number of para-hydroxylation sites is 4. The van der Waals surface area contributed by atoms with Crippen LogP contribution in [0.25, 0.3) is 55.0 Å². The number of anilines is 5. The molecule has 0 radical (unpaired) electrons. The van der Waals surface area contributed by atoms with Gasteiger partial charge < -0.3 is 24.1 Å². The number of hydrogen-bond acceptors (Lipinski definition) is 5. The molecule has 320 valence electrons.